The molecule has 0 aliphatic carbocycles. The van der Waals surface area contributed by atoms with Crippen LogP contribution in [0.5, 0.6) is 5.75 Å². The number of benzene rings is 2. The second kappa shape index (κ2) is 7.30. The molecular formula is C18H13F3N2O3. The van der Waals surface area contributed by atoms with Gasteiger partial charge in [0.1, 0.15) is 35.6 Å². The topological polar surface area (TPSA) is 64.4 Å². The summed E-state index contributed by atoms with van der Waals surface area (Å²) in [7, 11) is 0. The SMILES string of the molecule is Cc1onc(C(=O)Nc2ccc(F)cc2F)c1COc1ccc(F)cc1. The minimum absolute atomic E-state index is 0.0599. The van der Waals surface area contributed by atoms with Gasteiger partial charge in [-0.2, -0.15) is 0 Å². The molecule has 0 atom stereocenters. The molecule has 8 heteroatoms. The summed E-state index contributed by atoms with van der Waals surface area (Å²) in [5, 5.41) is 5.97. The first-order valence-corrected chi connectivity index (χ1v) is 7.54. The van der Waals surface area contributed by atoms with Gasteiger partial charge in [0.25, 0.3) is 5.91 Å². The molecule has 26 heavy (non-hydrogen) atoms. The Morgan fingerprint density at radius 2 is 1.81 bits per heavy atom. The molecule has 2 aromatic carbocycles. The van der Waals surface area contributed by atoms with Crippen LogP contribution in [0.25, 0.3) is 0 Å². The Hall–Kier alpha value is -3.29. The molecule has 0 aliphatic rings. The highest BCUT2D eigenvalue weighted by Gasteiger charge is 2.21. The normalized spacial score (nSPS) is 10.6. The van der Waals surface area contributed by atoms with E-state index in [9.17, 15) is 18.0 Å². The average Bonchev–Trinajstić information content (AvgIpc) is 2.98. The largest absolute Gasteiger partial charge is 0.489 e. The molecule has 1 aromatic heterocycles. The summed E-state index contributed by atoms with van der Waals surface area (Å²) in [6.45, 7) is 1.53. The van der Waals surface area contributed by atoms with Crippen molar-refractivity contribution in [2.45, 2.75) is 13.5 Å². The van der Waals surface area contributed by atoms with E-state index in [1.807, 2.05) is 0 Å². The van der Waals surface area contributed by atoms with E-state index in [1.54, 1.807) is 6.92 Å². The van der Waals surface area contributed by atoms with Gasteiger partial charge in [-0.15, -0.1) is 0 Å². The Labute approximate surface area is 146 Å². The molecule has 0 aliphatic heterocycles. The van der Waals surface area contributed by atoms with Crippen LogP contribution in [0.4, 0.5) is 18.9 Å². The number of amides is 1. The fraction of sp³-hybridized carbons (Fsp3) is 0.111. The number of rotatable bonds is 5. The van der Waals surface area contributed by atoms with Crippen LogP contribution in [0.15, 0.2) is 47.0 Å². The lowest BCUT2D eigenvalue weighted by atomic mass is 10.2. The summed E-state index contributed by atoms with van der Waals surface area (Å²) >= 11 is 0. The Bertz CT molecular complexity index is 939. The number of carbonyl (C=O) groups excluding carboxylic acids is 1. The van der Waals surface area contributed by atoms with Crippen molar-refractivity contribution in [1.29, 1.82) is 0 Å². The summed E-state index contributed by atoms with van der Waals surface area (Å²) in [5.41, 5.74) is 0.0742. The molecule has 0 spiro atoms. The molecule has 0 saturated heterocycles. The number of hydrogen-bond donors (Lipinski definition) is 1. The zero-order chi connectivity index (χ0) is 18.7. The molecule has 134 valence electrons. The zero-order valence-electron chi connectivity index (χ0n) is 13.6. The lowest BCUT2D eigenvalue weighted by Gasteiger charge is -2.08. The van der Waals surface area contributed by atoms with Gasteiger partial charge in [0, 0.05) is 6.07 Å². The van der Waals surface area contributed by atoms with Crippen molar-refractivity contribution in [3.05, 3.63) is 76.9 Å². The Kier molecular flexibility index (Phi) is 4.92. The maximum atomic E-state index is 13.7. The molecule has 0 saturated carbocycles. The highest BCUT2D eigenvalue weighted by atomic mass is 19.1. The number of carbonyl (C=O) groups is 1. The number of ether oxygens (including phenoxy) is 1. The van der Waals surface area contributed by atoms with Gasteiger partial charge in [-0.05, 0) is 43.3 Å². The second-order valence-electron chi connectivity index (χ2n) is 5.39. The number of halogens is 3. The van der Waals surface area contributed by atoms with Gasteiger partial charge in [0.15, 0.2) is 5.69 Å². The summed E-state index contributed by atoms with van der Waals surface area (Å²) in [5.74, 6) is -2.07. The maximum absolute atomic E-state index is 13.7. The number of aryl methyl sites for hydroxylation is 1. The first kappa shape index (κ1) is 17.5. The predicted molar refractivity (Wildman–Crippen MR) is 86.3 cm³/mol. The predicted octanol–water partition coefficient (Wildman–Crippen LogP) is 4.23. The molecule has 0 radical (unpaired) electrons. The zero-order valence-corrected chi connectivity index (χ0v) is 13.6. The number of aromatic nitrogens is 1. The average molecular weight is 362 g/mol. The highest BCUT2D eigenvalue weighted by molar-refractivity contribution is 6.03. The molecule has 1 N–H and O–H groups in total. The van der Waals surface area contributed by atoms with E-state index >= 15 is 0 Å². The number of hydrogen-bond acceptors (Lipinski definition) is 4. The van der Waals surface area contributed by atoms with Gasteiger partial charge in [-0.3, -0.25) is 4.79 Å². The van der Waals surface area contributed by atoms with Gasteiger partial charge >= 0.3 is 0 Å². The van der Waals surface area contributed by atoms with Crippen molar-refractivity contribution in [2.24, 2.45) is 0 Å². The van der Waals surface area contributed by atoms with Gasteiger partial charge in [0.05, 0.1) is 11.3 Å². The van der Waals surface area contributed by atoms with Crippen LogP contribution in [0.2, 0.25) is 0 Å². The van der Waals surface area contributed by atoms with E-state index in [2.05, 4.69) is 10.5 Å². The Morgan fingerprint density at radius 1 is 1.12 bits per heavy atom. The van der Waals surface area contributed by atoms with Crippen LogP contribution in [0, 0.1) is 24.4 Å². The van der Waals surface area contributed by atoms with Crippen molar-refractivity contribution in [3.63, 3.8) is 0 Å². The lowest BCUT2D eigenvalue weighted by molar-refractivity contribution is 0.101. The minimum Gasteiger partial charge on any atom is -0.489 e. The standard InChI is InChI=1S/C18H13F3N2O3/c1-10-14(9-25-13-5-2-11(19)3-6-13)17(23-26-10)18(24)22-16-7-4-12(20)8-15(16)21/h2-8H,9H2,1H3,(H,22,24). The molecule has 0 bridgehead atoms. The minimum atomic E-state index is -0.914. The molecule has 5 nitrogen and oxygen atoms in total. The van der Waals surface area contributed by atoms with Crippen LogP contribution < -0.4 is 10.1 Å². The van der Waals surface area contributed by atoms with E-state index in [0.717, 1.165) is 12.1 Å². The van der Waals surface area contributed by atoms with E-state index < -0.39 is 23.4 Å². The van der Waals surface area contributed by atoms with Gasteiger partial charge in [-0.25, -0.2) is 13.2 Å². The smallest absolute Gasteiger partial charge is 0.278 e. The van der Waals surface area contributed by atoms with Crippen molar-refractivity contribution in [2.75, 3.05) is 5.32 Å². The first-order chi connectivity index (χ1) is 12.4. The molecule has 3 rings (SSSR count). The highest BCUT2D eigenvalue weighted by Crippen LogP contribution is 2.21. The Balaban J connectivity index is 1.76. The van der Waals surface area contributed by atoms with E-state index in [1.165, 1.54) is 24.3 Å². The van der Waals surface area contributed by atoms with Crippen molar-refractivity contribution >= 4 is 11.6 Å². The molecule has 1 amide bonds. The van der Waals surface area contributed by atoms with E-state index in [-0.39, 0.29) is 18.0 Å². The van der Waals surface area contributed by atoms with Crippen LogP contribution in [-0.4, -0.2) is 11.1 Å². The molecular weight excluding hydrogens is 349 g/mol. The first-order valence-electron chi connectivity index (χ1n) is 7.54. The van der Waals surface area contributed by atoms with Crippen LogP contribution in [0.1, 0.15) is 21.8 Å². The number of anilines is 1. The monoisotopic (exact) mass is 362 g/mol. The molecule has 1 heterocycles. The summed E-state index contributed by atoms with van der Waals surface area (Å²) in [6.07, 6.45) is 0. The number of nitrogens with one attached hydrogen (secondary N) is 1. The summed E-state index contributed by atoms with van der Waals surface area (Å²) < 4.78 is 50.0. The van der Waals surface area contributed by atoms with Crippen LogP contribution >= 0.6 is 0 Å². The number of nitrogens with zero attached hydrogens (tertiary/aromatic N) is 1. The quantitative estimate of drug-likeness (QED) is 0.738. The Morgan fingerprint density at radius 3 is 2.50 bits per heavy atom. The molecule has 0 fully saturated rings. The van der Waals surface area contributed by atoms with Crippen molar-refractivity contribution in [1.82, 2.24) is 5.16 Å². The van der Waals surface area contributed by atoms with Crippen LogP contribution in [0.3, 0.4) is 0 Å². The molecule has 3 aromatic rings. The van der Waals surface area contributed by atoms with Crippen molar-refractivity contribution in [3.8, 4) is 5.75 Å². The van der Waals surface area contributed by atoms with Gasteiger partial charge in [-0.1, -0.05) is 5.16 Å². The van der Waals surface area contributed by atoms with Crippen LogP contribution in [-0.2, 0) is 6.61 Å². The third kappa shape index (κ3) is 3.85. The maximum Gasteiger partial charge on any atom is 0.278 e. The third-order valence-electron chi connectivity index (χ3n) is 3.58. The van der Waals surface area contributed by atoms with Gasteiger partial charge < -0.3 is 14.6 Å². The summed E-state index contributed by atoms with van der Waals surface area (Å²) in [6, 6.07) is 8.12. The summed E-state index contributed by atoms with van der Waals surface area (Å²) in [4.78, 5) is 12.3. The van der Waals surface area contributed by atoms with Crippen molar-refractivity contribution < 1.29 is 27.2 Å². The fourth-order valence-electron chi connectivity index (χ4n) is 2.20. The fourth-order valence-corrected chi connectivity index (χ4v) is 2.20. The third-order valence-corrected chi connectivity index (χ3v) is 3.58. The van der Waals surface area contributed by atoms with E-state index in [0.29, 0.717) is 23.1 Å². The van der Waals surface area contributed by atoms with E-state index in [4.69, 9.17) is 9.26 Å². The second-order valence-corrected chi connectivity index (χ2v) is 5.39. The lowest BCUT2D eigenvalue weighted by Crippen LogP contribution is -2.16. The van der Waals surface area contributed by atoms with Gasteiger partial charge in [0.2, 0.25) is 0 Å². The molecule has 0 unspecified atom stereocenters.